The first-order valence-electron chi connectivity index (χ1n) is 8.67. The minimum absolute atomic E-state index is 0.225. The number of nitrogens with one attached hydrogen (secondary N) is 1. The van der Waals surface area contributed by atoms with Crippen molar-refractivity contribution in [3.05, 3.63) is 66.2 Å². The van der Waals surface area contributed by atoms with Crippen molar-refractivity contribution in [3.8, 4) is 11.5 Å². The predicted octanol–water partition coefficient (Wildman–Crippen LogP) is 3.90. The molecule has 0 aliphatic carbocycles. The highest BCUT2D eigenvalue weighted by Gasteiger charge is 2.18. The lowest BCUT2D eigenvalue weighted by atomic mass is 10.1. The normalized spacial score (nSPS) is 12.7. The van der Waals surface area contributed by atoms with E-state index in [4.69, 9.17) is 9.47 Å². The summed E-state index contributed by atoms with van der Waals surface area (Å²) in [6, 6.07) is 17.8. The smallest absolute Gasteiger partial charge is 0.240 e. The van der Waals surface area contributed by atoms with Gasteiger partial charge in [-0.3, -0.25) is 0 Å². The lowest BCUT2D eigenvalue weighted by molar-refractivity contribution is 0.286. The van der Waals surface area contributed by atoms with Crippen LogP contribution in [-0.4, -0.2) is 28.2 Å². The molecule has 27 heavy (non-hydrogen) atoms. The first kappa shape index (κ1) is 19.2. The number of aryl methyl sites for hydroxylation is 1. The second-order valence-electron chi connectivity index (χ2n) is 6.47. The molecule has 0 saturated heterocycles. The van der Waals surface area contributed by atoms with E-state index in [0.29, 0.717) is 0 Å². The average Bonchev–Trinajstić information content (AvgIpc) is 2.66. The van der Waals surface area contributed by atoms with Crippen molar-refractivity contribution < 1.29 is 17.9 Å². The zero-order chi connectivity index (χ0) is 19.4. The van der Waals surface area contributed by atoms with Crippen LogP contribution < -0.4 is 14.2 Å². The molecular formula is C21H23NO4S. The topological polar surface area (TPSA) is 64.6 Å². The van der Waals surface area contributed by atoms with Crippen molar-refractivity contribution in [1.82, 2.24) is 4.72 Å². The van der Waals surface area contributed by atoms with Crippen LogP contribution in [0.25, 0.3) is 10.8 Å². The molecule has 0 radical (unpaired) electrons. The number of rotatable bonds is 7. The van der Waals surface area contributed by atoms with Gasteiger partial charge in [0.05, 0.1) is 18.0 Å². The maximum atomic E-state index is 12.7. The van der Waals surface area contributed by atoms with Crippen molar-refractivity contribution in [2.24, 2.45) is 0 Å². The Morgan fingerprint density at radius 2 is 1.70 bits per heavy atom. The zero-order valence-electron chi connectivity index (χ0n) is 15.6. The van der Waals surface area contributed by atoms with Crippen molar-refractivity contribution in [2.45, 2.75) is 24.8 Å². The van der Waals surface area contributed by atoms with Gasteiger partial charge in [-0.1, -0.05) is 30.3 Å². The van der Waals surface area contributed by atoms with Gasteiger partial charge in [0, 0.05) is 0 Å². The van der Waals surface area contributed by atoms with Crippen LogP contribution in [0.5, 0.6) is 11.5 Å². The molecule has 0 fully saturated rings. The fourth-order valence-corrected chi connectivity index (χ4v) is 4.06. The Kier molecular flexibility index (Phi) is 5.68. The molecule has 0 spiro atoms. The zero-order valence-corrected chi connectivity index (χ0v) is 16.4. The molecule has 3 aromatic rings. The highest BCUT2D eigenvalue weighted by atomic mass is 32.2. The number of para-hydroxylation sites is 1. The molecule has 0 heterocycles. The monoisotopic (exact) mass is 385 g/mol. The molecule has 1 N–H and O–H groups in total. The summed E-state index contributed by atoms with van der Waals surface area (Å²) in [4.78, 5) is 0.225. The van der Waals surface area contributed by atoms with Crippen LogP contribution in [0.2, 0.25) is 0 Å². The first-order valence-corrected chi connectivity index (χ1v) is 10.2. The third-order valence-corrected chi connectivity index (χ3v) is 5.86. The van der Waals surface area contributed by atoms with Crippen LogP contribution in [0, 0.1) is 6.92 Å². The van der Waals surface area contributed by atoms with Gasteiger partial charge in [0.1, 0.15) is 18.1 Å². The van der Waals surface area contributed by atoms with E-state index in [9.17, 15) is 8.42 Å². The maximum absolute atomic E-state index is 12.7. The fourth-order valence-electron chi connectivity index (χ4n) is 2.80. The number of ether oxygens (including phenoxy) is 2. The molecule has 0 bridgehead atoms. The van der Waals surface area contributed by atoms with Gasteiger partial charge in [-0.25, -0.2) is 13.1 Å². The number of sulfonamides is 1. The van der Waals surface area contributed by atoms with Crippen LogP contribution in [0.1, 0.15) is 12.5 Å². The summed E-state index contributed by atoms with van der Waals surface area (Å²) in [7, 11) is -2.04. The quantitative estimate of drug-likeness (QED) is 0.670. The Labute approximate surface area is 160 Å². The van der Waals surface area contributed by atoms with Crippen LogP contribution in [-0.2, 0) is 10.0 Å². The Balaban J connectivity index is 1.72. The number of hydrogen-bond acceptors (Lipinski definition) is 4. The summed E-state index contributed by atoms with van der Waals surface area (Å²) >= 11 is 0. The summed E-state index contributed by atoms with van der Waals surface area (Å²) in [6.07, 6.45) is 0. The van der Waals surface area contributed by atoms with Gasteiger partial charge in [-0.2, -0.15) is 0 Å². The lowest BCUT2D eigenvalue weighted by Crippen LogP contribution is -2.36. The van der Waals surface area contributed by atoms with E-state index in [-0.39, 0.29) is 17.5 Å². The van der Waals surface area contributed by atoms with Gasteiger partial charge < -0.3 is 9.47 Å². The van der Waals surface area contributed by atoms with Crippen molar-refractivity contribution in [2.75, 3.05) is 13.7 Å². The van der Waals surface area contributed by atoms with Crippen LogP contribution >= 0.6 is 0 Å². The standard InChI is InChI=1S/C21H23NO4S/c1-15-6-4-5-7-21(15)26-14-16(2)22-27(23,24)20-11-9-17-12-19(25-3)10-8-18(17)13-20/h4-13,16,22H,14H2,1-3H3/t16-/m0/s1. The minimum Gasteiger partial charge on any atom is -0.497 e. The maximum Gasteiger partial charge on any atom is 0.240 e. The molecular weight excluding hydrogens is 362 g/mol. The van der Waals surface area contributed by atoms with Gasteiger partial charge in [0.15, 0.2) is 0 Å². The van der Waals surface area contributed by atoms with E-state index >= 15 is 0 Å². The van der Waals surface area contributed by atoms with Gasteiger partial charge >= 0.3 is 0 Å². The average molecular weight is 385 g/mol. The van der Waals surface area contributed by atoms with Crippen LogP contribution in [0.4, 0.5) is 0 Å². The number of benzene rings is 3. The van der Waals surface area contributed by atoms with Gasteiger partial charge in [0.25, 0.3) is 0 Å². The fraction of sp³-hybridized carbons (Fsp3) is 0.238. The van der Waals surface area contributed by atoms with Crippen LogP contribution in [0.15, 0.2) is 65.6 Å². The van der Waals surface area contributed by atoms with Gasteiger partial charge in [0.2, 0.25) is 10.0 Å². The highest BCUT2D eigenvalue weighted by Crippen LogP contribution is 2.24. The molecule has 6 heteroatoms. The minimum atomic E-state index is -3.64. The van der Waals surface area contributed by atoms with E-state index < -0.39 is 10.0 Å². The molecule has 5 nitrogen and oxygen atoms in total. The van der Waals surface area contributed by atoms with E-state index in [0.717, 1.165) is 27.8 Å². The molecule has 0 saturated carbocycles. The first-order chi connectivity index (χ1) is 12.9. The molecule has 3 aromatic carbocycles. The number of hydrogen-bond donors (Lipinski definition) is 1. The molecule has 3 rings (SSSR count). The van der Waals surface area contributed by atoms with E-state index in [1.165, 1.54) is 0 Å². The summed E-state index contributed by atoms with van der Waals surface area (Å²) in [5, 5.41) is 1.76. The number of fused-ring (bicyclic) bond motifs is 1. The Morgan fingerprint density at radius 1 is 1.00 bits per heavy atom. The van der Waals surface area contributed by atoms with Crippen molar-refractivity contribution in [1.29, 1.82) is 0 Å². The van der Waals surface area contributed by atoms with Crippen molar-refractivity contribution in [3.63, 3.8) is 0 Å². The molecule has 142 valence electrons. The Hall–Kier alpha value is -2.57. The molecule has 0 unspecified atom stereocenters. The highest BCUT2D eigenvalue weighted by molar-refractivity contribution is 7.89. The van der Waals surface area contributed by atoms with Crippen molar-refractivity contribution >= 4 is 20.8 Å². The lowest BCUT2D eigenvalue weighted by Gasteiger charge is -2.16. The largest absolute Gasteiger partial charge is 0.497 e. The van der Waals surface area contributed by atoms with E-state index in [2.05, 4.69) is 4.72 Å². The summed E-state index contributed by atoms with van der Waals surface area (Å²) in [6.45, 7) is 3.98. The molecule has 1 atom stereocenters. The summed E-state index contributed by atoms with van der Waals surface area (Å²) < 4.78 is 39.0. The van der Waals surface area contributed by atoms with Gasteiger partial charge in [-0.05, 0) is 60.5 Å². The SMILES string of the molecule is COc1ccc2cc(S(=O)(=O)N[C@@H](C)COc3ccccc3C)ccc2c1. The molecule has 0 aliphatic rings. The molecule has 0 aliphatic heterocycles. The van der Waals surface area contributed by atoms with E-state index in [1.54, 1.807) is 32.2 Å². The van der Waals surface area contributed by atoms with Crippen LogP contribution in [0.3, 0.4) is 0 Å². The summed E-state index contributed by atoms with van der Waals surface area (Å²) in [5.74, 6) is 1.49. The predicted molar refractivity (Wildman–Crippen MR) is 107 cm³/mol. The third kappa shape index (κ3) is 4.59. The molecule has 0 amide bonds. The van der Waals surface area contributed by atoms with Gasteiger partial charge in [-0.15, -0.1) is 0 Å². The summed E-state index contributed by atoms with van der Waals surface area (Å²) in [5.41, 5.74) is 1.01. The Morgan fingerprint density at radius 3 is 2.44 bits per heavy atom. The Bertz CT molecular complexity index is 1050. The number of methoxy groups -OCH3 is 1. The van der Waals surface area contributed by atoms with E-state index in [1.807, 2.05) is 49.4 Å². The second-order valence-corrected chi connectivity index (χ2v) is 8.19. The molecule has 0 aromatic heterocycles. The third-order valence-electron chi connectivity index (χ3n) is 4.27. The second kappa shape index (κ2) is 7.98.